The van der Waals surface area contributed by atoms with Gasteiger partial charge in [0.05, 0.1) is 11.0 Å². The molecule has 1 amide bonds. The molecule has 1 aromatic heterocycles. The zero-order chi connectivity index (χ0) is 20.8. The molecule has 0 radical (unpaired) electrons. The number of para-hydroxylation sites is 2. The smallest absolute Gasteiger partial charge is 0.223 e. The van der Waals surface area contributed by atoms with Crippen LogP contribution in [0.1, 0.15) is 69.8 Å². The monoisotopic (exact) mass is 389 g/mol. The number of hydrogen-bond donors (Lipinski definition) is 0. The van der Waals surface area contributed by atoms with E-state index in [2.05, 4.69) is 81.7 Å². The Morgan fingerprint density at radius 3 is 2.38 bits per heavy atom. The fraction of sp³-hybridized carbons (Fsp3) is 0.440. The maximum absolute atomic E-state index is 12.7. The summed E-state index contributed by atoms with van der Waals surface area (Å²) >= 11 is 0. The molecule has 0 unspecified atom stereocenters. The van der Waals surface area contributed by atoms with Crippen molar-refractivity contribution in [2.45, 2.75) is 65.0 Å². The van der Waals surface area contributed by atoms with E-state index in [-0.39, 0.29) is 17.4 Å². The van der Waals surface area contributed by atoms with E-state index in [1.165, 1.54) is 11.1 Å². The summed E-state index contributed by atoms with van der Waals surface area (Å²) < 4.78 is 2.31. The number of amides is 1. The van der Waals surface area contributed by atoms with Crippen LogP contribution in [0.15, 0.2) is 48.5 Å². The Labute approximate surface area is 173 Å². The standard InChI is InChI=1S/C25H31N3O/c1-17(2)19-12-10-18(11-13-19)15-27-22-9-7-6-8-21(22)26-24(27)20-14-23(29)28(16-20)25(3,4)5/h6-13,17,20H,14-16H2,1-5H3/t20-/m1/s1. The van der Waals surface area contributed by atoms with Crippen LogP contribution in [0.2, 0.25) is 0 Å². The van der Waals surface area contributed by atoms with Crippen molar-refractivity contribution in [1.29, 1.82) is 0 Å². The number of rotatable bonds is 4. The van der Waals surface area contributed by atoms with Crippen molar-refractivity contribution in [2.24, 2.45) is 0 Å². The van der Waals surface area contributed by atoms with Crippen molar-refractivity contribution in [2.75, 3.05) is 6.54 Å². The van der Waals surface area contributed by atoms with Crippen LogP contribution in [0.25, 0.3) is 11.0 Å². The van der Waals surface area contributed by atoms with Crippen LogP contribution >= 0.6 is 0 Å². The minimum Gasteiger partial charge on any atom is -0.337 e. The fourth-order valence-corrected chi connectivity index (χ4v) is 4.29. The first-order valence-corrected chi connectivity index (χ1v) is 10.6. The molecule has 4 rings (SSSR count). The van der Waals surface area contributed by atoms with Crippen LogP contribution < -0.4 is 0 Å². The van der Waals surface area contributed by atoms with E-state index in [1.807, 2.05) is 11.0 Å². The van der Waals surface area contributed by atoms with Gasteiger partial charge in [-0.05, 0) is 49.9 Å². The topological polar surface area (TPSA) is 38.1 Å². The predicted molar refractivity (Wildman–Crippen MR) is 118 cm³/mol. The van der Waals surface area contributed by atoms with Gasteiger partial charge in [0.1, 0.15) is 5.82 Å². The average molecular weight is 390 g/mol. The second-order valence-electron chi connectivity index (χ2n) is 9.52. The molecule has 4 heteroatoms. The Hall–Kier alpha value is -2.62. The zero-order valence-electron chi connectivity index (χ0n) is 18.1. The molecule has 1 saturated heterocycles. The SMILES string of the molecule is CC(C)c1ccc(Cn2c([C@@H]3CC(=O)N(C(C)(C)C)C3)nc3ccccc32)cc1. The zero-order valence-corrected chi connectivity index (χ0v) is 18.1. The van der Waals surface area contributed by atoms with Gasteiger partial charge in [-0.25, -0.2) is 4.98 Å². The summed E-state index contributed by atoms with van der Waals surface area (Å²) in [7, 11) is 0. The lowest BCUT2D eigenvalue weighted by Gasteiger charge is -2.32. The highest BCUT2D eigenvalue weighted by molar-refractivity contribution is 5.81. The van der Waals surface area contributed by atoms with E-state index in [0.29, 0.717) is 12.3 Å². The van der Waals surface area contributed by atoms with Crippen molar-refractivity contribution in [3.05, 3.63) is 65.5 Å². The first kappa shape index (κ1) is 19.7. The summed E-state index contributed by atoms with van der Waals surface area (Å²) in [6.45, 7) is 12.3. The first-order valence-electron chi connectivity index (χ1n) is 10.6. The third kappa shape index (κ3) is 3.81. The lowest BCUT2D eigenvalue weighted by atomic mass is 10.0. The fourth-order valence-electron chi connectivity index (χ4n) is 4.29. The van der Waals surface area contributed by atoms with Gasteiger partial charge in [-0.1, -0.05) is 50.2 Å². The normalized spacial score (nSPS) is 17.7. The molecule has 0 N–H and O–H groups in total. The van der Waals surface area contributed by atoms with Crippen LogP contribution in [0.4, 0.5) is 0 Å². The summed E-state index contributed by atoms with van der Waals surface area (Å²) in [5.41, 5.74) is 4.59. The van der Waals surface area contributed by atoms with E-state index in [4.69, 9.17) is 4.98 Å². The minimum atomic E-state index is -0.157. The molecule has 0 bridgehead atoms. The lowest BCUT2D eigenvalue weighted by Crippen LogP contribution is -2.42. The highest BCUT2D eigenvalue weighted by atomic mass is 16.2. The van der Waals surface area contributed by atoms with Gasteiger partial charge >= 0.3 is 0 Å². The Balaban J connectivity index is 1.71. The van der Waals surface area contributed by atoms with Gasteiger partial charge in [0, 0.05) is 31.0 Å². The molecule has 2 aromatic carbocycles. The molecule has 0 saturated carbocycles. The number of likely N-dealkylation sites (tertiary alicyclic amines) is 1. The summed E-state index contributed by atoms with van der Waals surface area (Å²) in [5.74, 6) is 1.91. The largest absolute Gasteiger partial charge is 0.337 e. The molecule has 3 aromatic rings. The molecule has 1 atom stereocenters. The molecule has 1 aliphatic heterocycles. The van der Waals surface area contributed by atoms with Crippen molar-refractivity contribution in [3.8, 4) is 0 Å². The van der Waals surface area contributed by atoms with Crippen LogP contribution in [0.5, 0.6) is 0 Å². The number of nitrogens with zero attached hydrogens (tertiary/aromatic N) is 3. The Morgan fingerprint density at radius 2 is 1.76 bits per heavy atom. The molecule has 1 aliphatic rings. The van der Waals surface area contributed by atoms with Gasteiger partial charge in [-0.2, -0.15) is 0 Å². The molecule has 1 fully saturated rings. The summed E-state index contributed by atoms with van der Waals surface area (Å²) in [6.07, 6.45) is 0.535. The van der Waals surface area contributed by atoms with Gasteiger partial charge in [0.25, 0.3) is 0 Å². The number of benzene rings is 2. The summed E-state index contributed by atoms with van der Waals surface area (Å²) in [6, 6.07) is 17.2. The van der Waals surface area contributed by atoms with E-state index < -0.39 is 0 Å². The van der Waals surface area contributed by atoms with Crippen molar-refractivity contribution in [3.63, 3.8) is 0 Å². The van der Waals surface area contributed by atoms with Crippen molar-refractivity contribution >= 4 is 16.9 Å². The molecule has 29 heavy (non-hydrogen) atoms. The van der Waals surface area contributed by atoms with E-state index >= 15 is 0 Å². The average Bonchev–Trinajstić information content (AvgIpc) is 3.23. The first-order chi connectivity index (χ1) is 13.7. The maximum atomic E-state index is 12.7. The number of carbonyl (C=O) groups excluding carboxylic acids is 1. The number of imidazole rings is 1. The quantitative estimate of drug-likeness (QED) is 0.605. The number of aromatic nitrogens is 2. The van der Waals surface area contributed by atoms with Crippen LogP contribution in [0, 0.1) is 0 Å². The van der Waals surface area contributed by atoms with E-state index in [0.717, 1.165) is 29.9 Å². The van der Waals surface area contributed by atoms with Crippen molar-refractivity contribution in [1.82, 2.24) is 14.5 Å². The second-order valence-corrected chi connectivity index (χ2v) is 9.52. The van der Waals surface area contributed by atoms with E-state index in [1.54, 1.807) is 0 Å². The third-order valence-electron chi connectivity index (χ3n) is 5.97. The summed E-state index contributed by atoms with van der Waals surface area (Å²) in [4.78, 5) is 19.7. The van der Waals surface area contributed by atoms with Crippen LogP contribution in [0.3, 0.4) is 0 Å². The Bertz CT molecular complexity index is 1020. The van der Waals surface area contributed by atoms with Gasteiger partial charge in [-0.15, -0.1) is 0 Å². The number of carbonyl (C=O) groups is 1. The van der Waals surface area contributed by atoms with Crippen LogP contribution in [-0.2, 0) is 11.3 Å². The van der Waals surface area contributed by atoms with Gasteiger partial charge in [-0.3, -0.25) is 4.79 Å². The molecular formula is C25H31N3O. The number of fused-ring (bicyclic) bond motifs is 1. The molecule has 0 spiro atoms. The highest BCUT2D eigenvalue weighted by Crippen LogP contribution is 2.34. The lowest BCUT2D eigenvalue weighted by molar-refractivity contribution is -0.131. The molecule has 0 aliphatic carbocycles. The summed E-state index contributed by atoms with van der Waals surface area (Å²) in [5, 5.41) is 0. The van der Waals surface area contributed by atoms with Crippen molar-refractivity contribution < 1.29 is 4.79 Å². The maximum Gasteiger partial charge on any atom is 0.223 e. The Kier molecular flexibility index (Phi) is 4.97. The van der Waals surface area contributed by atoms with Gasteiger partial charge < -0.3 is 9.47 Å². The minimum absolute atomic E-state index is 0.129. The van der Waals surface area contributed by atoms with Crippen LogP contribution in [-0.4, -0.2) is 32.4 Å². The van der Waals surface area contributed by atoms with E-state index in [9.17, 15) is 4.79 Å². The van der Waals surface area contributed by atoms with Gasteiger partial charge in [0.15, 0.2) is 0 Å². The third-order valence-corrected chi connectivity index (χ3v) is 5.97. The van der Waals surface area contributed by atoms with Gasteiger partial charge in [0.2, 0.25) is 5.91 Å². The molecule has 4 nitrogen and oxygen atoms in total. The Morgan fingerprint density at radius 1 is 1.07 bits per heavy atom. The predicted octanol–water partition coefficient (Wildman–Crippen LogP) is 5.32. The highest BCUT2D eigenvalue weighted by Gasteiger charge is 2.39. The molecule has 152 valence electrons. The number of hydrogen-bond acceptors (Lipinski definition) is 2. The molecule has 2 heterocycles. The molecular weight excluding hydrogens is 358 g/mol. The second kappa shape index (κ2) is 7.33.